The van der Waals surface area contributed by atoms with Crippen LogP contribution < -0.4 is 0 Å². The van der Waals surface area contributed by atoms with Gasteiger partial charge >= 0.3 is 0 Å². The van der Waals surface area contributed by atoms with Gasteiger partial charge in [0.25, 0.3) is 0 Å². The Labute approximate surface area is 106 Å². The Bertz CT molecular complexity index is 544. The van der Waals surface area contributed by atoms with E-state index in [-0.39, 0.29) is 23.9 Å². The molecule has 0 aliphatic carbocycles. The van der Waals surface area contributed by atoms with Crippen molar-refractivity contribution in [1.82, 2.24) is 0 Å². The Kier molecular flexibility index (Phi) is 2.96. The summed E-state index contributed by atoms with van der Waals surface area (Å²) in [5, 5.41) is 5.30. The molecule has 0 unspecified atom stereocenters. The average Bonchev–Trinajstić information content (AvgIpc) is 2.29. The summed E-state index contributed by atoms with van der Waals surface area (Å²) in [6, 6.07) is 21.4. The van der Waals surface area contributed by atoms with Gasteiger partial charge < -0.3 is 0 Å². The van der Waals surface area contributed by atoms with E-state index in [0.29, 0.717) is 0 Å². The zero-order valence-electron chi connectivity index (χ0n) is 8.27. The SMILES string of the molecule is [Sn].c1ccc2c(c1)ccc1ccccc12. The van der Waals surface area contributed by atoms with Crippen LogP contribution in [0.5, 0.6) is 0 Å². The third-order valence-electron chi connectivity index (χ3n) is 2.65. The molecule has 3 rings (SSSR count). The molecule has 0 nitrogen and oxygen atoms in total. The average molecular weight is 297 g/mol. The van der Waals surface area contributed by atoms with Gasteiger partial charge in [-0.2, -0.15) is 0 Å². The van der Waals surface area contributed by atoms with Crippen molar-refractivity contribution in [1.29, 1.82) is 0 Å². The molecule has 0 atom stereocenters. The summed E-state index contributed by atoms with van der Waals surface area (Å²) in [7, 11) is 0. The van der Waals surface area contributed by atoms with Gasteiger partial charge in [0.2, 0.25) is 0 Å². The predicted octanol–water partition coefficient (Wildman–Crippen LogP) is 3.61. The molecule has 0 aliphatic heterocycles. The minimum Gasteiger partial charge on any atom is -0.0616 e. The minimum absolute atomic E-state index is 0. The molecule has 3 aromatic rings. The van der Waals surface area contributed by atoms with Gasteiger partial charge in [0, 0.05) is 23.9 Å². The molecule has 0 amide bonds. The van der Waals surface area contributed by atoms with Gasteiger partial charge in [-0.3, -0.25) is 0 Å². The van der Waals surface area contributed by atoms with Crippen LogP contribution in [0.3, 0.4) is 0 Å². The van der Waals surface area contributed by atoms with Crippen LogP contribution in [0.25, 0.3) is 21.5 Å². The third kappa shape index (κ3) is 1.74. The molecule has 0 saturated heterocycles. The fourth-order valence-corrected chi connectivity index (χ4v) is 1.95. The Morgan fingerprint density at radius 1 is 0.467 bits per heavy atom. The topological polar surface area (TPSA) is 0 Å². The number of fused-ring (bicyclic) bond motifs is 3. The molecular formula is C14H10Sn. The standard InChI is InChI=1S/C14H10.Sn/c1-3-7-13-11(5-1)9-10-12-6-2-4-8-14(12)13;/h1-10H;. The van der Waals surface area contributed by atoms with Gasteiger partial charge in [-0.05, 0) is 21.5 Å². The van der Waals surface area contributed by atoms with E-state index in [0.717, 1.165) is 0 Å². The minimum atomic E-state index is 0. The first-order chi connectivity index (χ1) is 6.95. The molecular weight excluding hydrogens is 287 g/mol. The normalized spacial score (nSPS) is 10.1. The maximum Gasteiger partial charge on any atom is 0 e. The molecule has 4 radical (unpaired) electrons. The van der Waals surface area contributed by atoms with Crippen LogP contribution in [0.4, 0.5) is 0 Å². The number of rotatable bonds is 0. The fraction of sp³-hybridized carbons (Fsp3) is 0. The molecule has 0 bridgehead atoms. The van der Waals surface area contributed by atoms with Gasteiger partial charge in [0.1, 0.15) is 0 Å². The van der Waals surface area contributed by atoms with Crippen molar-refractivity contribution in [2.75, 3.05) is 0 Å². The predicted molar refractivity (Wildman–Crippen MR) is 67.2 cm³/mol. The molecule has 15 heavy (non-hydrogen) atoms. The van der Waals surface area contributed by atoms with Gasteiger partial charge in [0.05, 0.1) is 0 Å². The van der Waals surface area contributed by atoms with E-state index in [1.807, 2.05) is 0 Å². The summed E-state index contributed by atoms with van der Waals surface area (Å²) in [6.07, 6.45) is 0. The second kappa shape index (κ2) is 4.23. The fourth-order valence-electron chi connectivity index (χ4n) is 1.95. The summed E-state index contributed by atoms with van der Waals surface area (Å²) in [5.74, 6) is 0. The van der Waals surface area contributed by atoms with E-state index in [1.165, 1.54) is 21.5 Å². The Morgan fingerprint density at radius 2 is 0.867 bits per heavy atom. The van der Waals surface area contributed by atoms with Gasteiger partial charge in [-0.25, -0.2) is 0 Å². The second-order valence-corrected chi connectivity index (χ2v) is 3.51. The van der Waals surface area contributed by atoms with Crippen LogP contribution in [-0.4, -0.2) is 23.9 Å². The first-order valence-corrected chi connectivity index (χ1v) is 4.82. The van der Waals surface area contributed by atoms with E-state index < -0.39 is 0 Å². The molecule has 0 N–H and O–H groups in total. The third-order valence-corrected chi connectivity index (χ3v) is 2.65. The van der Waals surface area contributed by atoms with Gasteiger partial charge in [-0.15, -0.1) is 0 Å². The van der Waals surface area contributed by atoms with Crippen molar-refractivity contribution in [2.24, 2.45) is 0 Å². The summed E-state index contributed by atoms with van der Waals surface area (Å²) < 4.78 is 0. The van der Waals surface area contributed by atoms with Crippen LogP contribution >= 0.6 is 0 Å². The monoisotopic (exact) mass is 298 g/mol. The molecule has 1 heteroatoms. The molecule has 0 aliphatic rings. The number of hydrogen-bond acceptors (Lipinski definition) is 0. The van der Waals surface area contributed by atoms with E-state index in [4.69, 9.17) is 0 Å². The Morgan fingerprint density at radius 3 is 1.33 bits per heavy atom. The van der Waals surface area contributed by atoms with E-state index in [9.17, 15) is 0 Å². The van der Waals surface area contributed by atoms with Crippen molar-refractivity contribution in [3.05, 3.63) is 60.7 Å². The maximum absolute atomic E-state index is 2.18. The summed E-state index contributed by atoms with van der Waals surface area (Å²) in [6.45, 7) is 0. The molecule has 70 valence electrons. The van der Waals surface area contributed by atoms with E-state index in [2.05, 4.69) is 60.7 Å². The van der Waals surface area contributed by atoms with E-state index >= 15 is 0 Å². The molecule has 0 spiro atoms. The number of hydrogen-bond donors (Lipinski definition) is 0. The zero-order valence-corrected chi connectivity index (χ0v) is 11.1. The Hall–Kier alpha value is -1.02. The molecule has 0 heterocycles. The van der Waals surface area contributed by atoms with Gasteiger partial charge in [0.15, 0.2) is 0 Å². The smallest absolute Gasteiger partial charge is 0 e. The van der Waals surface area contributed by atoms with Crippen molar-refractivity contribution in [2.45, 2.75) is 0 Å². The molecule has 0 saturated carbocycles. The van der Waals surface area contributed by atoms with Crippen molar-refractivity contribution in [3.63, 3.8) is 0 Å². The van der Waals surface area contributed by atoms with Crippen LogP contribution in [0, 0.1) is 0 Å². The van der Waals surface area contributed by atoms with Crippen LogP contribution in [0.2, 0.25) is 0 Å². The van der Waals surface area contributed by atoms with Crippen LogP contribution in [0.15, 0.2) is 60.7 Å². The van der Waals surface area contributed by atoms with Gasteiger partial charge in [-0.1, -0.05) is 60.7 Å². The molecule has 0 fully saturated rings. The summed E-state index contributed by atoms with van der Waals surface area (Å²) in [5.41, 5.74) is 0. The quantitative estimate of drug-likeness (QED) is 0.439. The summed E-state index contributed by atoms with van der Waals surface area (Å²) >= 11 is 0. The largest absolute Gasteiger partial charge is 0.0616 e. The van der Waals surface area contributed by atoms with Crippen molar-refractivity contribution >= 4 is 45.5 Å². The Balaban J connectivity index is 0.000000853. The maximum atomic E-state index is 2.18. The van der Waals surface area contributed by atoms with Crippen molar-refractivity contribution in [3.8, 4) is 0 Å². The molecule has 3 aromatic carbocycles. The summed E-state index contributed by atoms with van der Waals surface area (Å²) in [4.78, 5) is 0. The first kappa shape index (κ1) is 10.5. The van der Waals surface area contributed by atoms with Crippen LogP contribution in [0.1, 0.15) is 0 Å². The van der Waals surface area contributed by atoms with Crippen LogP contribution in [-0.2, 0) is 0 Å². The van der Waals surface area contributed by atoms with E-state index in [1.54, 1.807) is 0 Å². The second-order valence-electron chi connectivity index (χ2n) is 3.51. The number of benzene rings is 3. The first-order valence-electron chi connectivity index (χ1n) is 4.82. The zero-order chi connectivity index (χ0) is 9.38. The molecule has 0 aromatic heterocycles. The van der Waals surface area contributed by atoms with Crippen molar-refractivity contribution < 1.29 is 0 Å².